The standard InChI is InChI=1S/C48H60O8S4/c1-15-53-39(49)25-55-43-35-21-29(47(9,10)11)23-37(43)60-38-24-30(48(12,13)14)22-36(44(38)56-26-40(50)54-16-2)59-34-20-28(46(6,7)8)18-32(42(34)52)57-31-17-27(45(3,4)5)19-33(58-35)41(31)51/h17-24,51-52H,15-16,25-26H2,1-14H3. The Morgan fingerprint density at radius 2 is 0.650 bits per heavy atom. The second-order valence-electron chi connectivity index (χ2n) is 18.8. The molecule has 1 aliphatic rings. The van der Waals surface area contributed by atoms with Crippen LogP contribution in [0.25, 0.3) is 0 Å². The fourth-order valence-corrected chi connectivity index (χ4v) is 10.7. The number of hydrogen-bond donors (Lipinski definition) is 2. The van der Waals surface area contributed by atoms with Gasteiger partial charge in [0.2, 0.25) is 0 Å². The Hall–Kier alpha value is -3.58. The number of benzene rings is 4. The number of aromatic hydroxyl groups is 2. The van der Waals surface area contributed by atoms with Gasteiger partial charge in [-0.2, -0.15) is 0 Å². The molecule has 324 valence electrons. The van der Waals surface area contributed by atoms with Crippen LogP contribution in [-0.4, -0.2) is 48.6 Å². The Morgan fingerprint density at radius 1 is 0.433 bits per heavy atom. The number of carbonyl (C=O) groups excluding carboxylic acids is 2. The highest BCUT2D eigenvalue weighted by Gasteiger charge is 2.30. The molecule has 0 atom stereocenters. The number of fused-ring (bicyclic) bond motifs is 8. The molecule has 5 rings (SSSR count). The molecule has 8 bridgehead atoms. The van der Waals surface area contributed by atoms with Gasteiger partial charge >= 0.3 is 11.9 Å². The maximum Gasteiger partial charge on any atom is 0.344 e. The Morgan fingerprint density at radius 3 is 0.883 bits per heavy atom. The molecular weight excluding hydrogens is 833 g/mol. The van der Waals surface area contributed by atoms with Crippen LogP contribution < -0.4 is 9.47 Å². The molecule has 12 heteroatoms. The largest absolute Gasteiger partial charge is 0.506 e. The van der Waals surface area contributed by atoms with E-state index in [4.69, 9.17) is 18.9 Å². The minimum Gasteiger partial charge on any atom is -0.506 e. The SMILES string of the molecule is CCOC(=O)COc1c2cc(C(C)(C)C)cc1Sc1cc(C(C)(C)C)cc(c1OCC(=O)OCC)Sc1cc(C(C)(C)C)cc(c1O)Sc1cc(C(C)(C)C)cc(c1O)S2. The van der Waals surface area contributed by atoms with Crippen LogP contribution in [0.5, 0.6) is 23.0 Å². The van der Waals surface area contributed by atoms with Gasteiger partial charge in [0.15, 0.2) is 13.2 Å². The number of phenols is 2. The van der Waals surface area contributed by atoms with E-state index in [2.05, 4.69) is 107 Å². The lowest BCUT2D eigenvalue weighted by Crippen LogP contribution is -2.17. The maximum atomic E-state index is 12.9. The fraction of sp³-hybridized carbons (Fsp3) is 0.458. The van der Waals surface area contributed by atoms with Gasteiger partial charge in [0, 0.05) is 0 Å². The molecule has 0 unspecified atom stereocenters. The molecular formula is C48H60O8S4. The monoisotopic (exact) mass is 892 g/mol. The molecule has 2 N–H and O–H groups in total. The van der Waals surface area contributed by atoms with E-state index in [0.717, 1.165) is 22.3 Å². The molecule has 8 nitrogen and oxygen atoms in total. The molecule has 0 fully saturated rings. The summed E-state index contributed by atoms with van der Waals surface area (Å²) in [4.78, 5) is 31.0. The Labute approximate surface area is 373 Å². The molecule has 0 aromatic heterocycles. The lowest BCUT2D eigenvalue weighted by molar-refractivity contribution is -0.146. The summed E-state index contributed by atoms with van der Waals surface area (Å²) in [6.45, 7) is 28.8. The molecule has 4 aromatic rings. The Kier molecular flexibility index (Phi) is 14.6. The van der Waals surface area contributed by atoms with Crippen LogP contribution in [0.2, 0.25) is 0 Å². The highest BCUT2D eigenvalue weighted by atomic mass is 32.2. The Balaban J connectivity index is 1.95. The second kappa shape index (κ2) is 18.4. The quantitative estimate of drug-likeness (QED) is 0.145. The molecule has 0 radical (unpaired) electrons. The van der Waals surface area contributed by atoms with Gasteiger partial charge in [-0.25, -0.2) is 9.59 Å². The number of phenolic OH excluding ortho intramolecular Hbond substituents is 2. The van der Waals surface area contributed by atoms with Crippen molar-refractivity contribution in [3.05, 3.63) is 70.8 Å². The number of ether oxygens (including phenoxy) is 4. The molecule has 0 amide bonds. The Bertz CT molecular complexity index is 2100. The van der Waals surface area contributed by atoms with Gasteiger partial charge in [0.1, 0.15) is 23.0 Å². The van der Waals surface area contributed by atoms with Crippen molar-refractivity contribution in [1.82, 2.24) is 0 Å². The first kappa shape index (κ1) is 47.5. The molecule has 0 saturated heterocycles. The van der Waals surface area contributed by atoms with Crippen LogP contribution in [0.3, 0.4) is 0 Å². The van der Waals surface area contributed by atoms with Gasteiger partial charge in [-0.05, 0) is 106 Å². The third-order valence-corrected chi connectivity index (χ3v) is 14.0. The van der Waals surface area contributed by atoms with Crippen LogP contribution in [0.4, 0.5) is 0 Å². The zero-order valence-corrected chi connectivity index (χ0v) is 40.7. The molecule has 1 heterocycles. The number of carbonyl (C=O) groups is 2. The molecule has 0 saturated carbocycles. The van der Waals surface area contributed by atoms with Gasteiger partial charge in [-0.15, -0.1) is 0 Å². The summed E-state index contributed by atoms with van der Waals surface area (Å²) in [5, 5.41) is 24.5. The van der Waals surface area contributed by atoms with E-state index < -0.39 is 11.9 Å². The fourth-order valence-electron chi connectivity index (χ4n) is 6.09. The summed E-state index contributed by atoms with van der Waals surface area (Å²) in [5.41, 5.74) is 2.79. The van der Waals surface area contributed by atoms with Crippen LogP contribution in [0, 0.1) is 0 Å². The summed E-state index contributed by atoms with van der Waals surface area (Å²) in [6.07, 6.45) is 0. The molecule has 1 aliphatic heterocycles. The number of rotatable bonds is 8. The zero-order valence-electron chi connectivity index (χ0n) is 37.4. The lowest BCUT2D eigenvalue weighted by atomic mass is 9.87. The average Bonchev–Trinajstić information content (AvgIpc) is 3.11. The smallest absolute Gasteiger partial charge is 0.344 e. The van der Waals surface area contributed by atoms with E-state index in [1.165, 1.54) is 47.0 Å². The topological polar surface area (TPSA) is 112 Å². The highest BCUT2D eigenvalue weighted by molar-refractivity contribution is 8.01. The van der Waals surface area contributed by atoms with Gasteiger partial charge in [-0.3, -0.25) is 0 Å². The van der Waals surface area contributed by atoms with E-state index in [1.807, 2.05) is 24.3 Å². The van der Waals surface area contributed by atoms with Crippen LogP contribution in [0.1, 0.15) is 119 Å². The predicted octanol–water partition coefficient (Wildman–Crippen LogP) is 13.1. The van der Waals surface area contributed by atoms with Crippen molar-refractivity contribution in [3.63, 3.8) is 0 Å². The first-order valence-corrected chi connectivity index (χ1v) is 23.5. The van der Waals surface area contributed by atoms with Crippen molar-refractivity contribution in [2.45, 2.75) is 158 Å². The summed E-state index contributed by atoms with van der Waals surface area (Å²) >= 11 is 5.44. The van der Waals surface area contributed by atoms with Crippen molar-refractivity contribution in [2.24, 2.45) is 0 Å². The first-order valence-electron chi connectivity index (χ1n) is 20.2. The van der Waals surface area contributed by atoms with Crippen LogP contribution in [-0.2, 0) is 40.7 Å². The van der Waals surface area contributed by atoms with Gasteiger partial charge in [-0.1, -0.05) is 130 Å². The molecule has 4 aromatic carbocycles. The van der Waals surface area contributed by atoms with E-state index in [1.54, 1.807) is 13.8 Å². The van der Waals surface area contributed by atoms with E-state index in [-0.39, 0.29) is 59.6 Å². The number of esters is 2. The van der Waals surface area contributed by atoms with Crippen molar-refractivity contribution in [1.29, 1.82) is 0 Å². The summed E-state index contributed by atoms with van der Waals surface area (Å²) < 4.78 is 23.6. The first-order chi connectivity index (χ1) is 27.8. The highest BCUT2D eigenvalue weighted by Crippen LogP contribution is 2.56. The maximum absolute atomic E-state index is 12.9. The summed E-state index contributed by atoms with van der Waals surface area (Å²) in [7, 11) is 0. The lowest BCUT2D eigenvalue weighted by Gasteiger charge is -2.27. The number of hydrogen-bond acceptors (Lipinski definition) is 12. The summed E-state index contributed by atoms with van der Waals surface area (Å²) in [6, 6.07) is 16.3. The van der Waals surface area contributed by atoms with Crippen molar-refractivity contribution >= 4 is 59.0 Å². The van der Waals surface area contributed by atoms with E-state index in [9.17, 15) is 19.8 Å². The van der Waals surface area contributed by atoms with Crippen molar-refractivity contribution in [2.75, 3.05) is 26.4 Å². The van der Waals surface area contributed by atoms with Gasteiger partial charge < -0.3 is 29.2 Å². The van der Waals surface area contributed by atoms with E-state index >= 15 is 0 Å². The van der Waals surface area contributed by atoms with Crippen molar-refractivity contribution < 1.29 is 38.7 Å². The average molecular weight is 893 g/mol. The summed E-state index contributed by atoms with van der Waals surface area (Å²) in [5.74, 6) is 0.00688. The van der Waals surface area contributed by atoms with Crippen molar-refractivity contribution in [3.8, 4) is 23.0 Å². The minimum atomic E-state index is -0.509. The molecule has 60 heavy (non-hydrogen) atoms. The third kappa shape index (κ3) is 11.5. The molecule has 0 aliphatic carbocycles. The van der Waals surface area contributed by atoms with Gasteiger partial charge in [0.05, 0.1) is 52.4 Å². The van der Waals surface area contributed by atoms with Gasteiger partial charge in [0.25, 0.3) is 0 Å². The van der Waals surface area contributed by atoms with E-state index in [0.29, 0.717) is 50.7 Å². The molecule has 0 spiro atoms. The van der Waals surface area contributed by atoms with Crippen LogP contribution in [0.15, 0.2) is 87.7 Å². The minimum absolute atomic E-state index is 0.0706. The predicted molar refractivity (Wildman–Crippen MR) is 245 cm³/mol. The third-order valence-electron chi connectivity index (χ3n) is 9.74. The second-order valence-corrected chi connectivity index (χ2v) is 23.2. The zero-order chi connectivity index (χ0) is 44.5. The normalized spacial score (nSPS) is 13.4. The van der Waals surface area contributed by atoms with Crippen LogP contribution >= 0.6 is 47.0 Å².